The number of rotatable bonds is 4. The van der Waals surface area contributed by atoms with E-state index in [1.54, 1.807) is 6.20 Å². The van der Waals surface area contributed by atoms with Gasteiger partial charge in [0.05, 0.1) is 17.0 Å². The number of carbonyl (C=O) groups excluding carboxylic acids is 1. The Hall–Kier alpha value is -2.03. The summed E-state index contributed by atoms with van der Waals surface area (Å²) in [7, 11) is 0. The van der Waals surface area contributed by atoms with E-state index in [1.807, 2.05) is 13.8 Å². The molecule has 0 aliphatic rings. The van der Waals surface area contributed by atoms with E-state index in [0.29, 0.717) is 11.3 Å². The van der Waals surface area contributed by atoms with Crippen LogP contribution in [0.15, 0.2) is 12.3 Å². The Balaban J connectivity index is 2.64. The van der Waals surface area contributed by atoms with Crippen LogP contribution in [-0.4, -0.2) is 22.4 Å². The summed E-state index contributed by atoms with van der Waals surface area (Å²) in [6.07, 6.45) is -3.16. The van der Waals surface area contributed by atoms with Crippen LogP contribution in [0.25, 0.3) is 10.6 Å². The van der Waals surface area contributed by atoms with Gasteiger partial charge in [-0.3, -0.25) is 4.68 Å². The fourth-order valence-corrected chi connectivity index (χ4v) is 3.09. The Kier molecular flexibility index (Phi) is 4.69. The van der Waals surface area contributed by atoms with E-state index in [9.17, 15) is 18.0 Å². The van der Waals surface area contributed by atoms with Gasteiger partial charge in [0, 0.05) is 12.2 Å². The third kappa shape index (κ3) is 3.34. The summed E-state index contributed by atoms with van der Waals surface area (Å²) in [6.45, 7) is 5.18. The molecule has 0 saturated carbocycles. The number of nitrogens with two attached hydrogens (primary N) is 1. The van der Waals surface area contributed by atoms with Gasteiger partial charge in [0.25, 0.3) is 0 Å². The highest BCUT2D eigenvalue weighted by atomic mass is 32.1. The zero-order valence-corrected chi connectivity index (χ0v) is 13.6. The number of anilines is 1. The number of ether oxygens (including phenoxy) is 1. The van der Waals surface area contributed by atoms with E-state index in [0.717, 1.165) is 0 Å². The van der Waals surface area contributed by atoms with Crippen molar-refractivity contribution in [3.63, 3.8) is 0 Å². The molecule has 5 nitrogen and oxygen atoms in total. The summed E-state index contributed by atoms with van der Waals surface area (Å²) >= 11 is 0.681. The molecule has 0 bridgehead atoms. The van der Waals surface area contributed by atoms with Crippen LogP contribution in [0.1, 0.15) is 42.7 Å². The van der Waals surface area contributed by atoms with Crippen molar-refractivity contribution < 1.29 is 22.7 Å². The lowest BCUT2D eigenvalue weighted by molar-refractivity contribution is -0.137. The molecule has 2 aromatic heterocycles. The Labute approximate surface area is 134 Å². The molecule has 2 rings (SSSR count). The van der Waals surface area contributed by atoms with Gasteiger partial charge in [0.15, 0.2) is 0 Å². The van der Waals surface area contributed by atoms with E-state index in [4.69, 9.17) is 10.5 Å². The third-order valence-electron chi connectivity index (χ3n) is 3.07. The second kappa shape index (κ2) is 6.23. The maximum Gasteiger partial charge on any atom is 0.418 e. The van der Waals surface area contributed by atoms with Crippen LogP contribution in [0.3, 0.4) is 0 Å². The van der Waals surface area contributed by atoms with Gasteiger partial charge in [0.1, 0.15) is 16.3 Å². The second-order valence-corrected chi connectivity index (χ2v) is 6.09. The Morgan fingerprint density at radius 2 is 2.13 bits per heavy atom. The van der Waals surface area contributed by atoms with Crippen molar-refractivity contribution in [1.29, 1.82) is 0 Å². The zero-order valence-electron chi connectivity index (χ0n) is 12.8. The van der Waals surface area contributed by atoms with Gasteiger partial charge in [-0.15, -0.1) is 11.3 Å². The van der Waals surface area contributed by atoms with Crippen molar-refractivity contribution in [3.05, 3.63) is 23.4 Å². The predicted octanol–water partition coefficient (Wildman–Crippen LogP) is 3.97. The summed E-state index contributed by atoms with van der Waals surface area (Å²) in [5.74, 6) is -1.08. The van der Waals surface area contributed by atoms with Crippen molar-refractivity contribution in [2.75, 3.05) is 12.3 Å². The fourth-order valence-electron chi connectivity index (χ4n) is 2.05. The minimum Gasteiger partial charge on any atom is -0.462 e. The lowest BCUT2D eigenvalue weighted by atomic mass is 10.1. The number of nitrogens with zero attached hydrogens (tertiary/aromatic N) is 2. The summed E-state index contributed by atoms with van der Waals surface area (Å²) in [4.78, 5) is 11.7. The van der Waals surface area contributed by atoms with E-state index in [-0.39, 0.29) is 28.2 Å². The van der Waals surface area contributed by atoms with E-state index in [2.05, 4.69) is 5.10 Å². The molecule has 0 radical (unpaired) electrons. The average molecular weight is 347 g/mol. The van der Waals surface area contributed by atoms with Gasteiger partial charge in [0.2, 0.25) is 0 Å². The van der Waals surface area contributed by atoms with E-state index >= 15 is 0 Å². The predicted molar refractivity (Wildman–Crippen MR) is 81.3 cm³/mol. The van der Waals surface area contributed by atoms with Crippen molar-refractivity contribution in [1.82, 2.24) is 9.78 Å². The van der Waals surface area contributed by atoms with Gasteiger partial charge in [-0.2, -0.15) is 18.3 Å². The summed E-state index contributed by atoms with van der Waals surface area (Å²) in [5.41, 5.74) is 4.05. The first-order valence-corrected chi connectivity index (χ1v) is 7.70. The minimum absolute atomic E-state index is 0.0000713. The largest absolute Gasteiger partial charge is 0.462 e. The number of aromatic nitrogens is 2. The maximum atomic E-state index is 13.5. The number of halogens is 3. The number of alkyl halides is 3. The quantitative estimate of drug-likeness (QED) is 0.850. The highest BCUT2D eigenvalue weighted by Crippen LogP contribution is 2.46. The highest BCUT2D eigenvalue weighted by molar-refractivity contribution is 7.19. The monoisotopic (exact) mass is 347 g/mol. The van der Waals surface area contributed by atoms with Gasteiger partial charge >= 0.3 is 12.1 Å². The molecule has 2 N–H and O–H groups in total. The number of thiophene rings is 1. The maximum absolute atomic E-state index is 13.5. The normalized spacial score (nSPS) is 12.0. The van der Waals surface area contributed by atoms with Gasteiger partial charge in [-0.25, -0.2) is 4.79 Å². The number of nitrogen functional groups attached to an aromatic ring is 1. The van der Waals surface area contributed by atoms with Crippen molar-refractivity contribution in [3.8, 4) is 10.6 Å². The van der Waals surface area contributed by atoms with Crippen LogP contribution in [-0.2, 0) is 10.9 Å². The standard InChI is InChI=1S/C14H16F3N3O2S/c1-4-22-13(21)9-10(14(15,16)17)11(23-12(9)18)8-5-6-20(19-8)7(2)3/h5-7H,4,18H2,1-3H3. The SMILES string of the molecule is CCOC(=O)c1c(N)sc(-c2ccn(C(C)C)n2)c1C(F)(F)F. The Morgan fingerprint density at radius 1 is 1.48 bits per heavy atom. The van der Waals surface area contributed by atoms with Crippen LogP contribution in [0.2, 0.25) is 0 Å². The summed E-state index contributed by atoms with van der Waals surface area (Å²) in [5, 5.41) is 3.90. The van der Waals surface area contributed by atoms with Gasteiger partial charge in [-0.05, 0) is 26.8 Å². The number of carbonyl (C=O) groups is 1. The Bertz CT molecular complexity index is 719. The van der Waals surface area contributed by atoms with Crippen molar-refractivity contribution >= 4 is 22.3 Å². The van der Waals surface area contributed by atoms with E-state index in [1.165, 1.54) is 17.7 Å². The lowest BCUT2D eigenvalue weighted by Gasteiger charge is -2.10. The number of hydrogen-bond acceptors (Lipinski definition) is 5. The number of esters is 1. The van der Waals surface area contributed by atoms with Crippen molar-refractivity contribution in [2.24, 2.45) is 0 Å². The molecule has 23 heavy (non-hydrogen) atoms. The molecular formula is C14H16F3N3O2S. The molecule has 0 saturated heterocycles. The first kappa shape index (κ1) is 17.3. The molecule has 0 unspecified atom stereocenters. The van der Waals surface area contributed by atoms with Crippen LogP contribution in [0.4, 0.5) is 18.2 Å². The van der Waals surface area contributed by atoms with Crippen LogP contribution < -0.4 is 5.73 Å². The summed E-state index contributed by atoms with van der Waals surface area (Å²) < 4.78 is 46.7. The van der Waals surface area contributed by atoms with Crippen LogP contribution in [0, 0.1) is 0 Å². The van der Waals surface area contributed by atoms with Gasteiger partial charge < -0.3 is 10.5 Å². The topological polar surface area (TPSA) is 70.1 Å². The molecule has 0 amide bonds. The molecule has 0 aliphatic carbocycles. The van der Waals surface area contributed by atoms with Crippen LogP contribution in [0.5, 0.6) is 0 Å². The molecule has 2 aromatic rings. The molecule has 0 aliphatic heterocycles. The molecule has 9 heteroatoms. The molecule has 0 atom stereocenters. The second-order valence-electron chi connectivity index (χ2n) is 5.04. The molecule has 0 fully saturated rings. The van der Waals surface area contributed by atoms with Crippen LogP contribution >= 0.6 is 11.3 Å². The minimum atomic E-state index is -4.74. The summed E-state index contributed by atoms with van der Waals surface area (Å²) in [6, 6.07) is 1.47. The average Bonchev–Trinajstić information content (AvgIpc) is 3.02. The first-order chi connectivity index (χ1) is 10.7. The molecule has 2 heterocycles. The van der Waals surface area contributed by atoms with Gasteiger partial charge in [-0.1, -0.05) is 0 Å². The first-order valence-electron chi connectivity index (χ1n) is 6.88. The van der Waals surface area contributed by atoms with E-state index < -0.39 is 23.3 Å². The Morgan fingerprint density at radius 3 is 2.61 bits per heavy atom. The molecule has 126 valence electrons. The third-order valence-corrected chi connectivity index (χ3v) is 4.11. The highest BCUT2D eigenvalue weighted by Gasteiger charge is 2.42. The number of hydrogen-bond donors (Lipinski definition) is 1. The fraction of sp³-hybridized carbons (Fsp3) is 0.429. The molecule has 0 aromatic carbocycles. The van der Waals surface area contributed by atoms with Crippen molar-refractivity contribution in [2.45, 2.75) is 33.0 Å². The molecular weight excluding hydrogens is 331 g/mol. The lowest BCUT2D eigenvalue weighted by Crippen LogP contribution is -2.15. The zero-order chi connectivity index (χ0) is 17.4. The smallest absolute Gasteiger partial charge is 0.418 e. The molecule has 0 spiro atoms.